The predicted octanol–water partition coefficient (Wildman–Crippen LogP) is 4.65. The zero-order chi connectivity index (χ0) is 51.7. The molecule has 6 aliphatic rings. The first kappa shape index (κ1) is 53.8. The van der Waals surface area contributed by atoms with E-state index in [4.69, 9.17) is 43.6 Å². The number of amides is 1. The fraction of sp³-hybridized carbons (Fsp3) is 0.667. The van der Waals surface area contributed by atoms with Gasteiger partial charge < -0.3 is 69.4 Å². The van der Waals surface area contributed by atoms with E-state index in [-0.39, 0.29) is 48.0 Å². The number of esters is 2. The summed E-state index contributed by atoms with van der Waals surface area (Å²) in [5, 5.41) is 49.8. The lowest BCUT2D eigenvalue weighted by Gasteiger charge is -2.59. The topological polar surface area (TPSA) is 261 Å². The number of aliphatic hydroxyl groups is 4. The monoisotopic (exact) mass is 1010 g/mol. The van der Waals surface area contributed by atoms with Crippen LogP contribution in [0.5, 0.6) is 5.75 Å². The number of nitrogens with two attached hydrogens (primary N) is 1. The van der Waals surface area contributed by atoms with Crippen molar-refractivity contribution in [1.82, 2.24) is 5.32 Å². The number of nitrogens with one attached hydrogen (secondary N) is 1. The molecule has 2 aromatic rings. The SMILES string of the molecule is COc1ccc(C(=O)OC2C(OC3C(O)COC(OC4C[C@H]5C6CC=C7CC(O)CCC7(N)C6CCC5(C)[C@@]4(O)[C@H](C)C(=O)CCC(C)C)C3OC(C)=O)OCC(O)C2OC(=O)NCc2ccccc2)cc1. The molecule has 18 heteroatoms. The van der Waals surface area contributed by atoms with Crippen molar-refractivity contribution in [3.63, 3.8) is 0 Å². The molecule has 2 saturated heterocycles. The second-order valence-electron chi connectivity index (χ2n) is 21.6. The van der Waals surface area contributed by atoms with Gasteiger partial charge in [0.2, 0.25) is 0 Å². The number of hydrogen-bond acceptors (Lipinski definition) is 17. The quantitative estimate of drug-likeness (QED) is 0.0760. The highest BCUT2D eigenvalue weighted by atomic mass is 16.8. The number of ketones is 1. The lowest BCUT2D eigenvalue weighted by atomic mass is 9.48. The van der Waals surface area contributed by atoms with Crippen LogP contribution in [-0.4, -0.2) is 137 Å². The zero-order valence-electron chi connectivity index (χ0n) is 42.2. The summed E-state index contributed by atoms with van der Waals surface area (Å²) in [4.78, 5) is 54.5. The fourth-order valence-corrected chi connectivity index (χ4v) is 12.9. The molecule has 0 aromatic heterocycles. The van der Waals surface area contributed by atoms with E-state index in [1.807, 2.05) is 26.8 Å². The lowest BCUT2D eigenvalue weighted by molar-refractivity contribution is -0.344. The molecular weight excluding hydrogens is 933 g/mol. The maximum absolute atomic E-state index is 14.3. The van der Waals surface area contributed by atoms with Gasteiger partial charge in [0.25, 0.3) is 0 Å². The van der Waals surface area contributed by atoms with Crippen molar-refractivity contribution in [1.29, 1.82) is 0 Å². The van der Waals surface area contributed by atoms with Gasteiger partial charge in [0, 0.05) is 36.8 Å². The van der Waals surface area contributed by atoms with Gasteiger partial charge in [0.05, 0.1) is 38.1 Å². The first-order chi connectivity index (χ1) is 34.3. The predicted molar refractivity (Wildman–Crippen MR) is 258 cm³/mol. The third kappa shape index (κ3) is 10.7. The molecule has 14 unspecified atom stereocenters. The average molecular weight is 1010 g/mol. The average Bonchev–Trinajstić information content (AvgIpc) is 3.59. The van der Waals surface area contributed by atoms with Gasteiger partial charge in [0.1, 0.15) is 35.4 Å². The van der Waals surface area contributed by atoms with E-state index in [0.29, 0.717) is 57.1 Å². The summed E-state index contributed by atoms with van der Waals surface area (Å²) in [6.07, 6.45) is -7.92. The minimum absolute atomic E-state index is 0.0206. The Hall–Kier alpha value is -4.50. The number of carbonyl (C=O) groups excluding carboxylic acids is 4. The molecule has 5 fully saturated rings. The number of benzene rings is 2. The number of fused-ring (bicyclic) bond motifs is 5. The van der Waals surface area contributed by atoms with Crippen molar-refractivity contribution >= 4 is 23.8 Å². The first-order valence-corrected chi connectivity index (χ1v) is 25.6. The lowest BCUT2D eigenvalue weighted by Crippen LogP contribution is -2.65. The molecule has 17 atom stereocenters. The summed E-state index contributed by atoms with van der Waals surface area (Å²) >= 11 is 0. The van der Waals surface area contributed by atoms with Crippen LogP contribution >= 0.6 is 0 Å². The molecule has 4 aliphatic carbocycles. The number of aliphatic hydroxyl groups excluding tert-OH is 3. The summed E-state index contributed by atoms with van der Waals surface area (Å²) in [6, 6.07) is 15.0. The van der Waals surface area contributed by atoms with Gasteiger partial charge in [0.15, 0.2) is 30.9 Å². The van der Waals surface area contributed by atoms with Crippen LogP contribution in [0.1, 0.15) is 108 Å². The van der Waals surface area contributed by atoms with Gasteiger partial charge in [-0.05, 0) is 105 Å². The van der Waals surface area contributed by atoms with Gasteiger partial charge >= 0.3 is 18.0 Å². The van der Waals surface area contributed by atoms with Gasteiger partial charge in [-0.3, -0.25) is 9.59 Å². The smallest absolute Gasteiger partial charge is 0.407 e. The Labute approximate surface area is 421 Å². The molecule has 2 aliphatic heterocycles. The fourth-order valence-electron chi connectivity index (χ4n) is 12.9. The summed E-state index contributed by atoms with van der Waals surface area (Å²) < 4.78 is 48.4. The second-order valence-corrected chi connectivity index (χ2v) is 21.6. The Bertz CT molecular complexity index is 2260. The van der Waals surface area contributed by atoms with Crippen molar-refractivity contribution in [3.05, 3.63) is 77.4 Å². The number of hydrogen-bond donors (Lipinski definition) is 6. The molecule has 0 bridgehead atoms. The van der Waals surface area contributed by atoms with Crippen molar-refractivity contribution in [2.24, 2.45) is 40.7 Å². The van der Waals surface area contributed by atoms with Crippen LogP contribution in [0.3, 0.4) is 0 Å². The Morgan fingerprint density at radius 3 is 2.17 bits per heavy atom. The van der Waals surface area contributed by atoms with Crippen molar-refractivity contribution in [2.45, 2.75) is 172 Å². The van der Waals surface area contributed by atoms with E-state index >= 15 is 0 Å². The van der Waals surface area contributed by atoms with Crippen LogP contribution in [0, 0.1) is 35.0 Å². The van der Waals surface area contributed by atoms with Crippen LogP contribution in [0.15, 0.2) is 66.2 Å². The maximum Gasteiger partial charge on any atom is 0.407 e. The highest BCUT2D eigenvalue weighted by Gasteiger charge is 2.71. The number of methoxy groups -OCH3 is 1. The first-order valence-electron chi connectivity index (χ1n) is 25.6. The van der Waals surface area contributed by atoms with Crippen molar-refractivity contribution in [3.8, 4) is 5.75 Å². The van der Waals surface area contributed by atoms with Gasteiger partial charge in [-0.1, -0.05) is 69.7 Å². The minimum Gasteiger partial charge on any atom is -0.497 e. The standard InChI is InChI=1S/C54H74N2O16/c1-29(2)12-19-40(59)30(3)54(64)43(25-39-37-18-15-34-24-35(58)20-23-53(34,55)38(37)21-22-52(39,54)5)69-49-46(68-31(4)57)44(41(60)27-66-49)71-50-47(70-48(62)33-13-16-36(65-6)17-14-33)45(42(61)28-67-50)72-51(63)56-26-32-10-8-7-9-11-32/h7-11,13-17,29-30,35,37-39,41-47,49-50,58,60-61,64H,12,18-28,55H2,1-6H3,(H,56,63)/t30-,35?,37?,38?,39+,41?,42?,43?,44?,45?,46?,47?,49?,50?,52?,53?,54-/m1/s1. The number of alkyl carbamates (subject to hydrolysis) is 1. The van der Waals surface area contributed by atoms with Crippen LogP contribution in [0.25, 0.3) is 0 Å². The second kappa shape index (κ2) is 22.1. The van der Waals surface area contributed by atoms with E-state index in [9.17, 15) is 39.6 Å². The van der Waals surface area contributed by atoms with Gasteiger partial charge in [-0.15, -0.1) is 0 Å². The number of ether oxygens (including phenoxy) is 8. The summed E-state index contributed by atoms with van der Waals surface area (Å²) in [7, 11) is 1.47. The molecule has 0 radical (unpaired) electrons. The third-order valence-corrected chi connectivity index (χ3v) is 16.8. The molecule has 18 nitrogen and oxygen atoms in total. The zero-order valence-corrected chi connectivity index (χ0v) is 42.2. The molecule has 2 heterocycles. The van der Waals surface area contributed by atoms with Gasteiger partial charge in [-0.2, -0.15) is 0 Å². The Kier molecular flexibility index (Phi) is 16.5. The normalized spacial score (nSPS) is 37.7. The molecule has 3 saturated carbocycles. The highest BCUT2D eigenvalue weighted by molar-refractivity contribution is 5.89. The molecule has 8 rings (SSSR count). The van der Waals surface area contributed by atoms with Crippen molar-refractivity contribution < 1.29 is 77.5 Å². The van der Waals surface area contributed by atoms with Crippen LogP contribution in [-0.2, 0) is 49.3 Å². The number of Topliss-reactive ketones (excluding diaryl/α,β-unsaturated/α-hetero) is 1. The molecule has 2 aromatic carbocycles. The minimum atomic E-state index is -1.75. The molecule has 0 spiro atoms. The number of carbonyl (C=O) groups is 4. The van der Waals surface area contributed by atoms with Crippen LogP contribution < -0.4 is 15.8 Å². The van der Waals surface area contributed by atoms with E-state index in [1.165, 1.54) is 19.2 Å². The number of allylic oxidation sites excluding steroid dienone is 1. The molecule has 7 N–H and O–H groups in total. The molecule has 72 heavy (non-hydrogen) atoms. The summed E-state index contributed by atoms with van der Waals surface area (Å²) in [5.74, 6) is -2.07. The largest absolute Gasteiger partial charge is 0.497 e. The van der Waals surface area contributed by atoms with E-state index in [1.54, 1.807) is 43.3 Å². The van der Waals surface area contributed by atoms with Crippen molar-refractivity contribution in [2.75, 3.05) is 20.3 Å². The molecule has 396 valence electrons. The summed E-state index contributed by atoms with van der Waals surface area (Å²) in [6.45, 7) is 8.22. The van der Waals surface area contributed by atoms with E-state index < -0.39 is 115 Å². The van der Waals surface area contributed by atoms with Crippen LogP contribution in [0.2, 0.25) is 0 Å². The van der Waals surface area contributed by atoms with Gasteiger partial charge in [-0.25, -0.2) is 9.59 Å². The molecule has 1 amide bonds. The van der Waals surface area contributed by atoms with E-state index in [0.717, 1.165) is 18.1 Å². The maximum atomic E-state index is 14.3. The van der Waals surface area contributed by atoms with E-state index in [2.05, 4.69) is 11.4 Å². The number of rotatable bonds is 16. The highest BCUT2D eigenvalue weighted by Crippen LogP contribution is 2.67. The Morgan fingerprint density at radius 2 is 1.50 bits per heavy atom. The Morgan fingerprint density at radius 1 is 0.833 bits per heavy atom. The third-order valence-electron chi connectivity index (χ3n) is 16.8. The van der Waals surface area contributed by atoms with Crippen LogP contribution in [0.4, 0.5) is 4.79 Å². The Balaban J connectivity index is 1.09. The molecular formula is C54H74N2O16. The summed E-state index contributed by atoms with van der Waals surface area (Å²) in [5.41, 5.74) is 6.05.